The number of aromatic nitrogens is 2. The minimum atomic E-state index is -0.0715. The van der Waals surface area contributed by atoms with E-state index in [0.717, 1.165) is 23.4 Å². The molecule has 112 valence electrons. The van der Waals surface area contributed by atoms with E-state index in [0.29, 0.717) is 12.6 Å². The Morgan fingerprint density at radius 3 is 2.81 bits per heavy atom. The van der Waals surface area contributed by atoms with Crippen molar-refractivity contribution in [3.63, 3.8) is 0 Å². The maximum absolute atomic E-state index is 11.8. The van der Waals surface area contributed by atoms with Crippen molar-refractivity contribution in [2.75, 3.05) is 7.11 Å². The number of rotatable bonds is 6. The van der Waals surface area contributed by atoms with Crippen LogP contribution in [-0.2, 0) is 13.1 Å². The molecule has 0 aliphatic rings. The summed E-state index contributed by atoms with van der Waals surface area (Å²) < 4.78 is 6.95. The summed E-state index contributed by atoms with van der Waals surface area (Å²) in [6.07, 6.45) is 3.04. The van der Waals surface area contributed by atoms with Crippen LogP contribution < -0.4 is 15.6 Å². The van der Waals surface area contributed by atoms with Crippen molar-refractivity contribution in [3.8, 4) is 5.75 Å². The fourth-order valence-electron chi connectivity index (χ4n) is 2.07. The Hall–Kier alpha value is -2.14. The molecule has 21 heavy (non-hydrogen) atoms. The van der Waals surface area contributed by atoms with Gasteiger partial charge in [0.15, 0.2) is 0 Å². The van der Waals surface area contributed by atoms with Gasteiger partial charge in [0.05, 0.1) is 20.0 Å². The van der Waals surface area contributed by atoms with Crippen molar-refractivity contribution in [2.24, 2.45) is 0 Å². The standard InChI is InChI=1S/C16H21N3O2/c1-12(2)18-9-13-4-5-15(21-3)14(8-13)10-19-11-17-7-6-16(19)20/h4-8,11-12,18H,9-10H2,1-3H3. The van der Waals surface area contributed by atoms with Crippen LogP contribution in [0.4, 0.5) is 0 Å². The van der Waals surface area contributed by atoms with Gasteiger partial charge >= 0.3 is 0 Å². The van der Waals surface area contributed by atoms with Gasteiger partial charge in [0, 0.05) is 30.4 Å². The van der Waals surface area contributed by atoms with Crippen molar-refractivity contribution in [1.29, 1.82) is 0 Å². The summed E-state index contributed by atoms with van der Waals surface area (Å²) in [7, 11) is 1.64. The van der Waals surface area contributed by atoms with Gasteiger partial charge in [0.2, 0.25) is 0 Å². The molecule has 0 saturated carbocycles. The largest absolute Gasteiger partial charge is 0.496 e. The van der Waals surface area contributed by atoms with E-state index in [-0.39, 0.29) is 5.56 Å². The van der Waals surface area contributed by atoms with Crippen LogP contribution in [0.5, 0.6) is 5.75 Å². The molecular weight excluding hydrogens is 266 g/mol. The smallest absolute Gasteiger partial charge is 0.253 e. The van der Waals surface area contributed by atoms with Gasteiger partial charge in [0.1, 0.15) is 5.75 Å². The van der Waals surface area contributed by atoms with Crippen LogP contribution in [0, 0.1) is 0 Å². The number of nitrogens with one attached hydrogen (secondary N) is 1. The minimum Gasteiger partial charge on any atom is -0.496 e. The third-order valence-corrected chi connectivity index (χ3v) is 3.19. The Balaban J connectivity index is 2.26. The summed E-state index contributed by atoms with van der Waals surface area (Å²) in [5.41, 5.74) is 2.06. The van der Waals surface area contributed by atoms with E-state index < -0.39 is 0 Å². The van der Waals surface area contributed by atoms with Crippen LogP contribution >= 0.6 is 0 Å². The zero-order valence-corrected chi connectivity index (χ0v) is 12.7. The number of hydrogen-bond donors (Lipinski definition) is 1. The van der Waals surface area contributed by atoms with Gasteiger partial charge in [-0.25, -0.2) is 4.98 Å². The molecule has 0 bridgehead atoms. The lowest BCUT2D eigenvalue weighted by Gasteiger charge is -2.13. The molecule has 0 atom stereocenters. The lowest BCUT2D eigenvalue weighted by molar-refractivity contribution is 0.407. The topological polar surface area (TPSA) is 56.1 Å². The summed E-state index contributed by atoms with van der Waals surface area (Å²) in [5.74, 6) is 0.777. The summed E-state index contributed by atoms with van der Waals surface area (Å²) in [6, 6.07) is 7.92. The fraction of sp³-hybridized carbons (Fsp3) is 0.375. The lowest BCUT2D eigenvalue weighted by Crippen LogP contribution is -2.22. The van der Waals surface area contributed by atoms with E-state index in [1.807, 2.05) is 12.1 Å². The van der Waals surface area contributed by atoms with Crippen molar-refractivity contribution in [1.82, 2.24) is 14.9 Å². The van der Waals surface area contributed by atoms with Crippen molar-refractivity contribution in [3.05, 3.63) is 58.3 Å². The van der Waals surface area contributed by atoms with Gasteiger partial charge < -0.3 is 10.1 Å². The van der Waals surface area contributed by atoms with E-state index in [9.17, 15) is 4.79 Å². The normalized spacial score (nSPS) is 10.9. The highest BCUT2D eigenvalue weighted by molar-refractivity contribution is 5.37. The third kappa shape index (κ3) is 4.16. The molecule has 0 unspecified atom stereocenters. The van der Waals surface area contributed by atoms with Gasteiger partial charge in [-0.1, -0.05) is 19.9 Å². The zero-order valence-electron chi connectivity index (χ0n) is 12.7. The number of hydrogen-bond acceptors (Lipinski definition) is 4. The SMILES string of the molecule is COc1ccc(CNC(C)C)cc1Cn1cnccc1=O. The van der Waals surface area contributed by atoms with E-state index in [1.54, 1.807) is 18.0 Å². The van der Waals surface area contributed by atoms with Gasteiger partial charge in [-0.2, -0.15) is 0 Å². The van der Waals surface area contributed by atoms with Crippen LogP contribution in [0.3, 0.4) is 0 Å². The number of nitrogens with zero attached hydrogens (tertiary/aromatic N) is 2. The highest BCUT2D eigenvalue weighted by Crippen LogP contribution is 2.20. The molecule has 2 aromatic rings. The predicted molar refractivity (Wildman–Crippen MR) is 82.6 cm³/mol. The Morgan fingerprint density at radius 2 is 2.14 bits per heavy atom. The van der Waals surface area contributed by atoms with E-state index >= 15 is 0 Å². The van der Waals surface area contributed by atoms with Gasteiger partial charge in [0.25, 0.3) is 5.56 Å². The van der Waals surface area contributed by atoms with E-state index in [1.165, 1.54) is 12.3 Å². The van der Waals surface area contributed by atoms with Crippen LogP contribution in [0.1, 0.15) is 25.0 Å². The first kappa shape index (κ1) is 15.3. The van der Waals surface area contributed by atoms with Crippen molar-refractivity contribution in [2.45, 2.75) is 33.0 Å². The summed E-state index contributed by atoms with van der Waals surface area (Å²) in [5, 5.41) is 3.38. The van der Waals surface area contributed by atoms with Crippen molar-refractivity contribution < 1.29 is 4.74 Å². The second-order valence-electron chi connectivity index (χ2n) is 5.23. The van der Waals surface area contributed by atoms with E-state index in [4.69, 9.17) is 4.74 Å². The molecule has 1 N–H and O–H groups in total. The average Bonchev–Trinajstić information content (AvgIpc) is 2.47. The highest BCUT2D eigenvalue weighted by atomic mass is 16.5. The highest BCUT2D eigenvalue weighted by Gasteiger charge is 2.07. The summed E-state index contributed by atoms with van der Waals surface area (Å²) in [4.78, 5) is 15.8. The molecule has 1 aromatic carbocycles. The van der Waals surface area contributed by atoms with Crippen LogP contribution in [0.2, 0.25) is 0 Å². The van der Waals surface area contributed by atoms with Crippen LogP contribution in [0.25, 0.3) is 0 Å². The van der Waals surface area contributed by atoms with Gasteiger partial charge in [-0.05, 0) is 17.7 Å². The molecule has 0 amide bonds. The third-order valence-electron chi connectivity index (χ3n) is 3.19. The Morgan fingerprint density at radius 1 is 1.33 bits per heavy atom. The quantitative estimate of drug-likeness (QED) is 0.880. The molecule has 0 aliphatic heterocycles. The maximum atomic E-state index is 11.8. The zero-order chi connectivity index (χ0) is 15.2. The average molecular weight is 287 g/mol. The van der Waals surface area contributed by atoms with Gasteiger partial charge in [-0.15, -0.1) is 0 Å². The maximum Gasteiger partial charge on any atom is 0.253 e. The fourth-order valence-corrected chi connectivity index (χ4v) is 2.07. The number of methoxy groups -OCH3 is 1. The lowest BCUT2D eigenvalue weighted by atomic mass is 10.1. The van der Waals surface area contributed by atoms with E-state index in [2.05, 4.69) is 30.2 Å². The molecule has 0 spiro atoms. The predicted octanol–water partition coefficient (Wildman–Crippen LogP) is 1.80. The summed E-state index contributed by atoms with van der Waals surface area (Å²) in [6.45, 7) is 5.46. The molecule has 1 aromatic heterocycles. The van der Waals surface area contributed by atoms with Crippen molar-refractivity contribution >= 4 is 0 Å². The first-order valence-corrected chi connectivity index (χ1v) is 7.00. The Labute approximate surface area is 124 Å². The molecule has 0 radical (unpaired) electrons. The molecule has 0 fully saturated rings. The first-order chi connectivity index (χ1) is 10.1. The van der Waals surface area contributed by atoms with Crippen LogP contribution in [-0.4, -0.2) is 22.7 Å². The number of ether oxygens (including phenoxy) is 1. The van der Waals surface area contributed by atoms with Gasteiger partial charge in [-0.3, -0.25) is 9.36 Å². The number of benzene rings is 1. The molecule has 5 nitrogen and oxygen atoms in total. The monoisotopic (exact) mass is 287 g/mol. The molecule has 5 heteroatoms. The summed E-state index contributed by atoms with van der Waals surface area (Å²) >= 11 is 0. The Kier molecular flexibility index (Phi) is 5.11. The molecular formula is C16H21N3O2. The van der Waals surface area contributed by atoms with Crippen LogP contribution in [0.15, 0.2) is 41.6 Å². The minimum absolute atomic E-state index is 0.0715. The molecule has 0 aliphatic carbocycles. The second kappa shape index (κ2) is 7.04. The Bertz CT molecular complexity index is 650. The molecule has 1 heterocycles. The molecule has 2 rings (SSSR count). The molecule has 0 saturated heterocycles. The second-order valence-corrected chi connectivity index (χ2v) is 5.23. The first-order valence-electron chi connectivity index (χ1n) is 7.00.